The van der Waals surface area contributed by atoms with Crippen LogP contribution in [0.4, 0.5) is 0 Å². The topological polar surface area (TPSA) is 71.7 Å². The van der Waals surface area contributed by atoms with Crippen LogP contribution in [0.5, 0.6) is 5.75 Å². The number of nitrogens with zero attached hydrogens (tertiary/aromatic N) is 4. The Hall–Kier alpha value is -2.41. The lowest BCUT2D eigenvalue weighted by atomic mass is 10.1. The molecule has 1 unspecified atom stereocenters. The summed E-state index contributed by atoms with van der Waals surface area (Å²) in [5.41, 5.74) is 0. The molecule has 1 aromatic carbocycles. The second kappa shape index (κ2) is 8.99. The summed E-state index contributed by atoms with van der Waals surface area (Å²) in [6.07, 6.45) is 0.910. The fourth-order valence-corrected chi connectivity index (χ4v) is 3.39. The number of hydrogen-bond acceptors (Lipinski definition) is 6. The summed E-state index contributed by atoms with van der Waals surface area (Å²) in [6.45, 7) is 9.29. The largest absolute Gasteiger partial charge is 0.484 e. The summed E-state index contributed by atoms with van der Waals surface area (Å²) >= 11 is 0. The molecule has 1 amide bonds. The molecule has 0 bridgehead atoms. The molecule has 1 saturated heterocycles. The minimum absolute atomic E-state index is 0.0218. The first-order valence-electron chi connectivity index (χ1n) is 9.53. The SMILES string of the molecule is Cc1noc(C2CN(C(=O)COc3ccccc3)CCCN2CC(C)C)n1. The maximum Gasteiger partial charge on any atom is 0.260 e. The second-order valence-electron chi connectivity index (χ2n) is 7.38. The molecule has 0 spiro atoms. The van der Waals surface area contributed by atoms with Crippen molar-refractivity contribution in [1.29, 1.82) is 0 Å². The van der Waals surface area contributed by atoms with Gasteiger partial charge in [-0.3, -0.25) is 9.69 Å². The molecule has 7 heteroatoms. The van der Waals surface area contributed by atoms with Gasteiger partial charge in [0.05, 0.1) is 0 Å². The fraction of sp³-hybridized carbons (Fsp3) is 0.550. The van der Waals surface area contributed by atoms with Gasteiger partial charge in [0.1, 0.15) is 11.8 Å². The van der Waals surface area contributed by atoms with Crippen LogP contribution in [0, 0.1) is 12.8 Å². The van der Waals surface area contributed by atoms with Gasteiger partial charge in [0.15, 0.2) is 12.4 Å². The summed E-state index contributed by atoms with van der Waals surface area (Å²) in [5, 5.41) is 3.94. The number of ether oxygens (including phenoxy) is 1. The summed E-state index contributed by atoms with van der Waals surface area (Å²) in [7, 11) is 0. The van der Waals surface area contributed by atoms with E-state index >= 15 is 0 Å². The Morgan fingerprint density at radius 1 is 1.30 bits per heavy atom. The van der Waals surface area contributed by atoms with E-state index in [-0.39, 0.29) is 18.6 Å². The normalized spacial score (nSPS) is 18.5. The smallest absolute Gasteiger partial charge is 0.260 e. The summed E-state index contributed by atoms with van der Waals surface area (Å²) < 4.78 is 11.1. The fourth-order valence-electron chi connectivity index (χ4n) is 3.39. The predicted molar refractivity (Wildman–Crippen MR) is 101 cm³/mol. The van der Waals surface area contributed by atoms with Crippen LogP contribution in [-0.4, -0.2) is 58.6 Å². The first kappa shape index (κ1) is 19.4. The molecule has 3 rings (SSSR count). The Morgan fingerprint density at radius 2 is 2.07 bits per heavy atom. The van der Waals surface area contributed by atoms with Crippen LogP contribution in [0.15, 0.2) is 34.9 Å². The molecule has 2 heterocycles. The molecular weight excluding hydrogens is 344 g/mol. The van der Waals surface area contributed by atoms with E-state index in [1.165, 1.54) is 0 Å². The minimum Gasteiger partial charge on any atom is -0.484 e. The molecule has 1 aliphatic rings. The molecule has 0 aliphatic carbocycles. The molecule has 1 fully saturated rings. The van der Waals surface area contributed by atoms with Gasteiger partial charge < -0.3 is 14.2 Å². The molecule has 1 atom stereocenters. The first-order valence-corrected chi connectivity index (χ1v) is 9.53. The zero-order valence-corrected chi connectivity index (χ0v) is 16.3. The van der Waals surface area contributed by atoms with Crippen LogP contribution in [0.1, 0.15) is 38.0 Å². The van der Waals surface area contributed by atoms with Gasteiger partial charge in [-0.15, -0.1) is 0 Å². The van der Waals surface area contributed by atoms with Crippen molar-refractivity contribution in [1.82, 2.24) is 19.9 Å². The Kier molecular flexibility index (Phi) is 6.45. The van der Waals surface area contributed by atoms with Crippen molar-refractivity contribution < 1.29 is 14.1 Å². The lowest BCUT2D eigenvalue weighted by Crippen LogP contribution is -2.40. The van der Waals surface area contributed by atoms with Gasteiger partial charge in [-0.2, -0.15) is 4.98 Å². The van der Waals surface area contributed by atoms with E-state index in [4.69, 9.17) is 9.26 Å². The molecule has 2 aromatic rings. The monoisotopic (exact) mass is 372 g/mol. The maximum absolute atomic E-state index is 12.8. The van der Waals surface area contributed by atoms with E-state index in [2.05, 4.69) is 28.9 Å². The van der Waals surface area contributed by atoms with Crippen molar-refractivity contribution in [2.24, 2.45) is 5.92 Å². The molecule has 1 aromatic heterocycles. The number of amides is 1. The number of benzene rings is 1. The van der Waals surface area contributed by atoms with E-state index < -0.39 is 0 Å². The number of para-hydroxylation sites is 1. The Bertz CT molecular complexity index is 732. The van der Waals surface area contributed by atoms with Gasteiger partial charge in [0, 0.05) is 26.2 Å². The van der Waals surface area contributed by atoms with Crippen LogP contribution >= 0.6 is 0 Å². The molecule has 0 saturated carbocycles. The van der Waals surface area contributed by atoms with Crippen molar-refractivity contribution in [3.8, 4) is 5.75 Å². The third-order valence-electron chi connectivity index (χ3n) is 4.59. The summed E-state index contributed by atoms with van der Waals surface area (Å²) in [5.74, 6) is 2.39. The highest BCUT2D eigenvalue weighted by atomic mass is 16.5. The number of carbonyl (C=O) groups excluding carboxylic acids is 1. The number of aromatic nitrogens is 2. The number of rotatable bonds is 6. The van der Waals surface area contributed by atoms with Crippen LogP contribution in [-0.2, 0) is 4.79 Å². The third-order valence-corrected chi connectivity index (χ3v) is 4.59. The van der Waals surface area contributed by atoms with E-state index in [0.29, 0.717) is 36.5 Å². The van der Waals surface area contributed by atoms with Crippen molar-refractivity contribution in [2.45, 2.75) is 33.2 Å². The molecule has 1 aliphatic heterocycles. The Labute approximate surface area is 160 Å². The van der Waals surface area contributed by atoms with Crippen LogP contribution in [0.2, 0.25) is 0 Å². The quantitative estimate of drug-likeness (QED) is 0.776. The van der Waals surface area contributed by atoms with E-state index in [0.717, 1.165) is 19.5 Å². The van der Waals surface area contributed by atoms with Crippen molar-refractivity contribution >= 4 is 5.91 Å². The van der Waals surface area contributed by atoms with Gasteiger partial charge >= 0.3 is 0 Å². The minimum atomic E-state index is -0.0863. The molecule has 27 heavy (non-hydrogen) atoms. The van der Waals surface area contributed by atoms with Crippen LogP contribution in [0.25, 0.3) is 0 Å². The predicted octanol–water partition coefficient (Wildman–Crippen LogP) is 2.69. The third kappa shape index (κ3) is 5.29. The first-order chi connectivity index (χ1) is 13.0. The second-order valence-corrected chi connectivity index (χ2v) is 7.38. The summed E-state index contributed by atoms with van der Waals surface area (Å²) in [6, 6.07) is 9.32. The van der Waals surface area contributed by atoms with Crippen LogP contribution < -0.4 is 4.74 Å². The molecular formula is C20H28N4O3. The zero-order valence-electron chi connectivity index (χ0n) is 16.3. The number of hydrogen-bond donors (Lipinski definition) is 0. The highest BCUT2D eigenvalue weighted by Gasteiger charge is 2.32. The van der Waals surface area contributed by atoms with Gasteiger partial charge in [0.2, 0.25) is 5.89 Å². The van der Waals surface area contributed by atoms with Crippen molar-refractivity contribution in [3.05, 3.63) is 42.0 Å². The number of carbonyl (C=O) groups is 1. The van der Waals surface area contributed by atoms with E-state index in [1.807, 2.05) is 42.2 Å². The van der Waals surface area contributed by atoms with Crippen LogP contribution in [0.3, 0.4) is 0 Å². The highest BCUT2D eigenvalue weighted by molar-refractivity contribution is 5.77. The Balaban J connectivity index is 1.70. The standard InChI is InChI=1S/C20H28N4O3/c1-15(2)12-23-10-7-11-24(13-18(23)20-21-16(3)22-27-20)19(25)14-26-17-8-5-4-6-9-17/h4-6,8-9,15,18H,7,10-14H2,1-3H3. The number of aryl methyl sites for hydroxylation is 1. The molecule has 0 radical (unpaired) electrons. The molecule has 0 N–H and O–H groups in total. The average Bonchev–Trinajstić information content (AvgIpc) is 2.97. The molecule has 7 nitrogen and oxygen atoms in total. The zero-order chi connectivity index (χ0) is 19.2. The van der Waals surface area contributed by atoms with Gasteiger partial charge in [-0.05, 0) is 31.4 Å². The van der Waals surface area contributed by atoms with Gasteiger partial charge in [0.25, 0.3) is 5.91 Å². The van der Waals surface area contributed by atoms with E-state index in [1.54, 1.807) is 0 Å². The van der Waals surface area contributed by atoms with E-state index in [9.17, 15) is 4.79 Å². The lowest BCUT2D eigenvalue weighted by Gasteiger charge is -2.30. The lowest BCUT2D eigenvalue weighted by molar-refractivity contribution is -0.133. The Morgan fingerprint density at radius 3 is 2.74 bits per heavy atom. The highest BCUT2D eigenvalue weighted by Crippen LogP contribution is 2.25. The summed E-state index contributed by atoms with van der Waals surface area (Å²) in [4.78, 5) is 21.4. The van der Waals surface area contributed by atoms with Gasteiger partial charge in [-0.25, -0.2) is 0 Å². The van der Waals surface area contributed by atoms with Crippen molar-refractivity contribution in [2.75, 3.05) is 32.8 Å². The average molecular weight is 372 g/mol. The molecule has 146 valence electrons. The maximum atomic E-state index is 12.8. The van der Waals surface area contributed by atoms with Gasteiger partial charge in [-0.1, -0.05) is 37.2 Å². The van der Waals surface area contributed by atoms with Crippen molar-refractivity contribution in [3.63, 3.8) is 0 Å².